The molecule has 0 aliphatic heterocycles. The van der Waals surface area contributed by atoms with Crippen molar-refractivity contribution in [2.45, 2.75) is 6.42 Å². The molecule has 2 aromatic rings. The number of methoxy groups -OCH3 is 1. The molecule has 21 heavy (non-hydrogen) atoms. The summed E-state index contributed by atoms with van der Waals surface area (Å²) >= 11 is 7.13. The van der Waals surface area contributed by atoms with E-state index in [0.29, 0.717) is 21.4 Å². The molecule has 0 fully saturated rings. The van der Waals surface area contributed by atoms with Crippen LogP contribution in [-0.2, 0) is 0 Å². The van der Waals surface area contributed by atoms with Crippen LogP contribution < -0.4 is 4.74 Å². The summed E-state index contributed by atoms with van der Waals surface area (Å²) in [7, 11) is 1.53. The Hall–Kier alpha value is -2.23. The van der Waals surface area contributed by atoms with E-state index < -0.39 is 0 Å². The molecule has 0 saturated heterocycles. The summed E-state index contributed by atoms with van der Waals surface area (Å²) in [6, 6.07) is 2.07. The maximum atomic E-state index is 8.74. The van der Waals surface area contributed by atoms with Gasteiger partial charge in [0.15, 0.2) is 10.3 Å². The van der Waals surface area contributed by atoms with Crippen LogP contribution in [0.25, 0.3) is 15.9 Å². The number of nitriles is 1. The van der Waals surface area contributed by atoms with Crippen LogP contribution in [0.15, 0.2) is 36.2 Å². The lowest BCUT2D eigenvalue weighted by Gasteiger charge is -1.96. The highest BCUT2D eigenvalue weighted by Crippen LogP contribution is 2.30. The van der Waals surface area contributed by atoms with Crippen molar-refractivity contribution in [1.82, 2.24) is 15.0 Å². The number of fused-ring (bicyclic) bond motifs is 1. The number of thiazole rings is 1. The molecule has 7 heteroatoms. The lowest BCUT2D eigenvalue weighted by Crippen LogP contribution is -1.89. The summed E-state index contributed by atoms with van der Waals surface area (Å²) < 4.78 is 5.17. The number of ether oxygens (including phenoxy) is 1. The molecule has 5 nitrogen and oxygen atoms in total. The van der Waals surface area contributed by atoms with Gasteiger partial charge in [0.25, 0.3) is 0 Å². The number of nitrogens with zero attached hydrogens (tertiary/aromatic N) is 4. The summed E-state index contributed by atoms with van der Waals surface area (Å²) in [5, 5.41) is 9.86. The van der Waals surface area contributed by atoms with Crippen LogP contribution in [0, 0.1) is 11.3 Å². The van der Waals surface area contributed by atoms with E-state index in [4.69, 9.17) is 21.6 Å². The zero-order valence-electron chi connectivity index (χ0n) is 11.2. The van der Waals surface area contributed by atoms with Gasteiger partial charge in [0.1, 0.15) is 11.3 Å². The predicted octanol–water partition coefficient (Wildman–Crippen LogP) is 3.70. The molecule has 0 N–H and O–H groups in total. The highest BCUT2D eigenvalue weighted by molar-refractivity contribution is 7.19. The molecule has 0 unspecified atom stereocenters. The van der Waals surface area contributed by atoms with Gasteiger partial charge in [0, 0.05) is 10.6 Å². The zero-order chi connectivity index (χ0) is 15.2. The van der Waals surface area contributed by atoms with Gasteiger partial charge in [-0.2, -0.15) is 10.2 Å². The first kappa shape index (κ1) is 15.2. The van der Waals surface area contributed by atoms with Crippen molar-refractivity contribution in [3.8, 4) is 11.9 Å². The minimum atomic E-state index is 0.271. The second kappa shape index (κ2) is 6.97. The second-order valence-electron chi connectivity index (χ2n) is 3.86. The van der Waals surface area contributed by atoms with E-state index in [1.54, 1.807) is 18.2 Å². The van der Waals surface area contributed by atoms with Gasteiger partial charge in [0.2, 0.25) is 5.88 Å². The van der Waals surface area contributed by atoms with Gasteiger partial charge in [-0.25, -0.2) is 9.97 Å². The van der Waals surface area contributed by atoms with Crippen molar-refractivity contribution < 1.29 is 4.74 Å². The first-order valence-corrected chi connectivity index (χ1v) is 7.10. The Morgan fingerprint density at radius 2 is 2.33 bits per heavy atom. The largest absolute Gasteiger partial charge is 0.479 e. The monoisotopic (exact) mass is 318 g/mol. The molecule has 0 aliphatic rings. The Labute approximate surface area is 130 Å². The van der Waals surface area contributed by atoms with Crippen LogP contribution in [0.2, 0.25) is 0 Å². The average Bonchev–Trinajstić information content (AvgIpc) is 2.90. The van der Waals surface area contributed by atoms with E-state index in [9.17, 15) is 0 Å². The molecule has 0 radical (unpaired) electrons. The van der Waals surface area contributed by atoms with Gasteiger partial charge in [-0.05, 0) is 6.08 Å². The third kappa shape index (κ3) is 3.66. The van der Waals surface area contributed by atoms with Crippen molar-refractivity contribution in [2.24, 2.45) is 0 Å². The van der Waals surface area contributed by atoms with Crippen LogP contribution in [-0.4, -0.2) is 22.1 Å². The van der Waals surface area contributed by atoms with Gasteiger partial charge >= 0.3 is 0 Å². The van der Waals surface area contributed by atoms with E-state index in [1.165, 1.54) is 24.8 Å². The first-order valence-electron chi connectivity index (χ1n) is 5.91. The minimum absolute atomic E-state index is 0.271. The summed E-state index contributed by atoms with van der Waals surface area (Å²) in [6.45, 7) is 3.60. The predicted molar refractivity (Wildman–Crippen MR) is 84.1 cm³/mol. The third-order valence-electron chi connectivity index (χ3n) is 2.46. The standard InChI is InChI=1S/C14H11ClN4OS/c1-9(15)5-6-10(4-3-7-16)13-19-11-12(20-2)17-8-18-14(11)21-13/h4-6,8H,1,3H2,2H3/b6-5-,10-4+. The fourth-order valence-corrected chi connectivity index (χ4v) is 2.55. The summed E-state index contributed by atoms with van der Waals surface area (Å²) in [6.07, 6.45) is 6.89. The van der Waals surface area contributed by atoms with Crippen molar-refractivity contribution in [2.75, 3.05) is 7.11 Å². The van der Waals surface area contributed by atoms with Gasteiger partial charge in [-0.15, -0.1) is 0 Å². The maximum absolute atomic E-state index is 8.74. The molecule has 2 aromatic heterocycles. The van der Waals surface area contributed by atoms with Gasteiger partial charge in [-0.3, -0.25) is 0 Å². The second-order valence-corrected chi connectivity index (χ2v) is 5.32. The Bertz CT molecular complexity index is 773. The fourth-order valence-electron chi connectivity index (χ4n) is 1.57. The van der Waals surface area contributed by atoms with E-state index in [0.717, 1.165) is 10.4 Å². The molecule has 0 spiro atoms. The number of allylic oxidation sites excluding steroid dienone is 5. The first-order chi connectivity index (χ1) is 10.2. The molecule has 0 bridgehead atoms. The average molecular weight is 319 g/mol. The molecule has 0 amide bonds. The molecule has 0 saturated carbocycles. The Kier molecular flexibility index (Phi) is 5.04. The lowest BCUT2D eigenvalue weighted by atomic mass is 10.2. The van der Waals surface area contributed by atoms with E-state index in [1.807, 2.05) is 0 Å². The highest BCUT2D eigenvalue weighted by Gasteiger charge is 2.12. The van der Waals surface area contributed by atoms with E-state index in [2.05, 4.69) is 27.6 Å². The maximum Gasteiger partial charge on any atom is 0.244 e. The number of halogens is 1. The molecule has 0 aliphatic carbocycles. The third-order valence-corrected chi connectivity index (χ3v) is 3.60. The smallest absolute Gasteiger partial charge is 0.244 e. The van der Waals surface area contributed by atoms with Gasteiger partial charge in [-0.1, -0.05) is 41.7 Å². The van der Waals surface area contributed by atoms with Crippen LogP contribution in [0.3, 0.4) is 0 Å². The molecule has 106 valence electrons. The molecule has 2 rings (SSSR count). The van der Waals surface area contributed by atoms with Crippen LogP contribution in [0.1, 0.15) is 11.4 Å². The number of hydrogen-bond acceptors (Lipinski definition) is 6. The van der Waals surface area contributed by atoms with Crippen LogP contribution in [0.4, 0.5) is 0 Å². The van der Waals surface area contributed by atoms with E-state index >= 15 is 0 Å². The topological polar surface area (TPSA) is 71.7 Å². The zero-order valence-corrected chi connectivity index (χ0v) is 12.8. The molecule has 2 heterocycles. The van der Waals surface area contributed by atoms with Gasteiger partial charge < -0.3 is 4.74 Å². The molecular weight excluding hydrogens is 308 g/mol. The van der Waals surface area contributed by atoms with Crippen molar-refractivity contribution >= 4 is 38.9 Å². The molecular formula is C14H11ClN4OS. The minimum Gasteiger partial charge on any atom is -0.479 e. The van der Waals surface area contributed by atoms with Crippen molar-refractivity contribution in [3.63, 3.8) is 0 Å². The molecule has 0 atom stereocenters. The van der Waals surface area contributed by atoms with Crippen LogP contribution >= 0.6 is 22.9 Å². The SMILES string of the molecule is C=C(Cl)/C=C\C(=C/CC#N)c1nc2c(OC)ncnc2s1. The number of rotatable bonds is 5. The number of hydrogen-bond donors (Lipinski definition) is 0. The summed E-state index contributed by atoms with van der Waals surface area (Å²) in [5.41, 5.74) is 1.38. The summed E-state index contributed by atoms with van der Waals surface area (Å²) in [5.74, 6) is 0.424. The van der Waals surface area contributed by atoms with Crippen molar-refractivity contribution in [1.29, 1.82) is 5.26 Å². The quantitative estimate of drug-likeness (QED) is 0.786. The fraction of sp³-hybridized carbons (Fsp3) is 0.143. The normalized spacial score (nSPS) is 11.8. The lowest BCUT2D eigenvalue weighted by molar-refractivity contribution is 0.402. The highest BCUT2D eigenvalue weighted by atomic mass is 35.5. The van der Waals surface area contributed by atoms with Crippen LogP contribution in [0.5, 0.6) is 5.88 Å². The molecule has 0 aromatic carbocycles. The Balaban J connectivity index is 2.50. The van der Waals surface area contributed by atoms with Gasteiger partial charge in [0.05, 0.1) is 19.6 Å². The Morgan fingerprint density at radius 1 is 1.52 bits per heavy atom. The summed E-state index contributed by atoms with van der Waals surface area (Å²) in [4.78, 5) is 13.4. The number of aromatic nitrogens is 3. The van der Waals surface area contributed by atoms with E-state index in [-0.39, 0.29) is 6.42 Å². The Morgan fingerprint density at radius 3 is 3.00 bits per heavy atom. The van der Waals surface area contributed by atoms with Crippen molar-refractivity contribution in [3.05, 3.63) is 41.2 Å².